The fourth-order valence-corrected chi connectivity index (χ4v) is 2.47. The van der Waals surface area contributed by atoms with Gasteiger partial charge >= 0.3 is 0 Å². The number of halogens is 3. The maximum Gasteiger partial charge on any atom is 0.255 e. The number of hydrogen-bond donors (Lipinski definition) is 1. The Morgan fingerprint density at radius 1 is 1.56 bits per heavy atom. The number of rotatable bonds is 1. The lowest BCUT2D eigenvalue weighted by molar-refractivity contribution is 0.0708. The molecule has 1 aromatic rings. The van der Waals surface area contributed by atoms with Crippen LogP contribution in [-0.4, -0.2) is 36.5 Å². The molecule has 1 heterocycles. The number of nitrogens with one attached hydrogen (secondary N) is 1. The number of amides is 1. The van der Waals surface area contributed by atoms with Crippen LogP contribution >= 0.6 is 28.3 Å². The molecule has 0 saturated carbocycles. The van der Waals surface area contributed by atoms with Gasteiger partial charge in [-0.2, -0.15) is 0 Å². The van der Waals surface area contributed by atoms with Crippen LogP contribution in [0.5, 0.6) is 0 Å². The van der Waals surface area contributed by atoms with Gasteiger partial charge in [0.2, 0.25) is 0 Å². The average Bonchev–Trinajstić information content (AvgIpc) is 2.28. The normalized spacial score (nSPS) is 19.3. The first-order valence-electron chi connectivity index (χ1n) is 5.55. The van der Waals surface area contributed by atoms with Crippen molar-refractivity contribution in [3.63, 3.8) is 0 Å². The molecule has 0 bridgehead atoms. The van der Waals surface area contributed by atoms with Gasteiger partial charge in [-0.05, 0) is 41.1 Å². The Morgan fingerprint density at radius 3 is 2.89 bits per heavy atom. The highest BCUT2D eigenvalue weighted by Gasteiger charge is 2.23. The van der Waals surface area contributed by atoms with E-state index >= 15 is 0 Å². The van der Waals surface area contributed by atoms with Gasteiger partial charge in [-0.1, -0.05) is 0 Å². The van der Waals surface area contributed by atoms with Gasteiger partial charge in [0.1, 0.15) is 5.82 Å². The largest absolute Gasteiger partial charge is 0.336 e. The predicted octanol–water partition coefficient (Wildman–Crippen LogP) is 2.44. The molecule has 100 valence electrons. The van der Waals surface area contributed by atoms with E-state index in [9.17, 15) is 9.18 Å². The molecule has 1 atom stereocenters. The maximum atomic E-state index is 13.0. The highest BCUT2D eigenvalue weighted by molar-refractivity contribution is 9.10. The predicted molar refractivity (Wildman–Crippen MR) is 74.7 cm³/mol. The fraction of sp³-hybridized carbons (Fsp3) is 0.417. The third kappa shape index (κ3) is 3.43. The summed E-state index contributed by atoms with van der Waals surface area (Å²) in [6.45, 7) is 4.21. The smallest absolute Gasteiger partial charge is 0.255 e. The molecule has 1 amide bonds. The Balaban J connectivity index is 0.00000162. The minimum atomic E-state index is -0.345. The van der Waals surface area contributed by atoms with Gasteiger partial charge in [-0.3, -0.25) is 4.79 Å². The molecular formula is C12H15BrClFN2O. The van der Waals surface area contributed by atoms with Gasteiger partial charge in [-0.25, -0.2) is 4.39 Å². The minimum Gasteiger partial charge on any atom is -0.336 e. The van der Waals surface area contributed by atoms with Crippen molar-refractivity contribution in [2.45, 2.75) is 13.0 Å². The van der Waals surface area contributed by atoms with Crippen molar-refractivity contribution >= 4 is 34.2 Å². The molecule has 0 aliphatic carbocycles. The number of piperazine rings is 1. The Bertz CT molecular complexity index is 444. The van der Waals surface area contributed by atoms with Crippen LogP contribution in [0, 0.1) is 5.82 Å². The SMILES string of the molecule is CC1CN(C(=O)c2ccc(F)cc2Br)CCN1.Cl. The second kappa shape index (κ2) is 6.50. The highest BCUT2D eigenvalue weighted by atomic mass is 79.9. The molecule has 1 aliphatic rings. The van der Waals surface area contributed by atoms with Crippen LogP contribution < -0.4 is 5.32 Å². The molecule has 1 aliphatic heterocycles. The zero-order valence-corrected chi connectivity index (χ0v) is 12.4. The van der Waals surface area contributed by atoms with Crippen LogP contribution in [-0.2, 0) is 0 Å². The molecule has 0 spiro atoms. The van der Waals surface area contributed by atoms with E-state index in [0.717, 1.165) is 6.54 Å². The zero-order valence-electron chi connectivity index (χ0n) is 9.95. The van der Waals surface area contributed by atoms with E-state index in [4.69, 9.17) is 0 Å². The monoisotopic (exact) mass is 336 g/mol. The van der Waals surface area contributed by atoms with Crippen LogP contribution in [0.1, 0.15) is 17.3 Å². The van der Waals surface area contributed by atoms with Gasteiger partial charge in [-0.15, -0.1) is 12.4 Å². The summed E-state index contributed by atoms with van der Waals surface area (Å²) >= 11 is 3.23. The summed E-state index contributed by atoms with van der Waals surface area (Å²) in [5, 5.41) is 3.28. The summed E-state index contributed by atoms with van der Waals surface area (Å²) in [7, 11) is 0. The van der Waals surface area contributed by atoms with Crippen molar-refractivity contribution in [2.75, 3.05) is 19.6 Å². The van der Waals surface area contributed by atoms with Crippen LogP contribution in [0.15, 0.2) is 22.7 Å². The number of nitrogens with zero attached hydrogens (tertiary/aromatic N) is 1. The zero-order chi connectivity index (χ0) is 12.4. The summed E-state index contributed by atoms with van der Waals surface area (Å²) in [6.07, 6.45) is 0. The first kappa shape index (κ1) is 15.4. The Morgan fingerprint density at radius 2 is 2.28 bits per heavy atom. The van der Waals surface area contributed by atoms with Gasteiger partial charge in [0.15, 0.2) is 0 Å². The van der Waals surface area contributed by atoms with Gasteiger partial charge < -0.3 is 10.2 Å². The number of carbonyl (C=O) groups is 1. The standard InChI is InChI=1S/C12H14BrFN2O.ClH/c1-8-7-16(5-4-15-8)12(17)10-3-2-9(14)6-11(10)13;/h2-3,6,8,15H,4-5,7H2,1H3;1H. The third-order valence-electron chi connectivity index (χ3n) is 2.82. The van der Waals surface area contributed by atoms with Crippen molar-refractivity contribution in [3.8, 4) is 0 Å². The maximum absolute atomic E-state index is 13.0. The molecule has 6 heteroatoms. The first-order valence-corrected chi connectivity index (χ1v) is 6.35. The Hall–Kier alpha value is -0.650. The first-order chi connectivity index (χ1) is 8.08. The van der Waals surface area contributed by atoms with Crippen molar-refractivity contribution in [1.82, 2.24) is 10.2 Å². The Labute approximate surface area is 120 Å². The molecule has 1 N–H and O–H groups in total. The molecule has 0 radical (unpaired) electrons. The average molecular weight is 338 g/mol. The molecule has 1 aromatic carbocycles. The molecule has 1 saturated heterocycles. The van der Waals surface area contributed by atoms with E-state index in [0.29, 0.717) is 29.2 Å². The van der Waals surface area contributed by atoms with Crippen molar-refractivity contribution in [2.24, 2.45) is 0 Å². The van der Waals surface area contributed by atoms with E-state index in [-0.39, 0.29) is 24.1 Å². The lowest BCUT2D eigenvalue weighted by Crippen LogP contribution is -2.51. The molecule has 0 aromatic heterocycles. The molecule has 3 nitrogen and oxygen atoms in total. The minimum absolute atomic E-state index is 0. The summed E-state index contributed by atoms with van der Waals surface area (Å²) in [6, 6.07) is 4.45. The highest BCUT2D eigenvalue weighted by Crippen LogP contribution is 2.20. The van der Waals surface area contributed by atoms with Crippen LogP contribution in [0.2, 0.25) is 0 Å². The Kier molecular flexibility index (Phi) is 5.56. The van der Waals surface area contributed by atoms with Gasteiger partial charge in [0.25, 0.3) is 5.91 Å². The molecular weight excluding hydrogens is 322 g/mol. The second-order valence-electron chi connectivity index (χ2n) is 4.23. The van der Waals surface area contributed by atoms with Crippen molar-refractivity contribution in [3.05, 3.63) is 34.1 Å². The molecule has 1 fully saturated rings. The summed E-state index contributed by atoms with van der Waals surface area (Å²) in [4.78, 5) is 14.0. The third-order valence-corrected chi connectivity index (χ3v) is 3.47. The quantitative estimate of drug-likeness (QED) is 0.854. The number of carbonyl (C=O) groups excluding carboxylic acids is 1. The van der Waals surface area contributed by atoms with E-state index in [1.807, 2.05) is 6.92 Å². The van der Waals surface area contributed by atoms with Crippen LogP contribution in [0.3, 0.4) is 0 Å². The van der Waals surface area contributed by atoms with Crippen molar-refractivity contribution < 1.29 is 9.18 Å². The van der Waals surface area contributed by atoms with E-state index < -0.39 is 0 Å². The summed E-state index contributed by atoms with van der Waals surface area (Å²) in [5.74, 6) is -0.396. The summed E-state index contributed by atoms with van der Waals surface area (Å²) in [5.41, 5.74) is 0.514. The van der Waals surface area contributed by atoms with Gasteiger partial charge in [0, 0.05) is 30.1 Å². The van der Waals surface area contributed by atoms with E-state index in [2.05, 4.69) is 21.2 Å². The summed E-state index contributed by atoms with van der Waals surface area (Å²) < 4.78 is 13.5. The molecule has 2 rings (SSSR count). The lowest BCUT2D eigenvalue weighted by atomic mass is 10.1. The lowest BCUT2D eigenvalue weighted by Gasteiger charge is -2.32. The number of hydrogen-bond acceptors (Lipinski definition) is 2. The van der Waals surface area contributed by atoms with Gasteiger partial charge in [0.05, 0.1) is 5.56 Å². The fourth-order valence-electron chi connectivity index (χ4n) is 1.95. The van der Waals surface area contributed by atoms with E-state index in [1.165, 1.54) is 18.2 Å². The van der Waals surface area contributed by atoms with E-state index in [1.54, 1.807) is 4.90 Å². The van der Waals surface area contributed by atoms with Crippen molar-refractivity contribution in [1.29, 1.82) is 0 Å². The molecule has 18 heavy (non-hydrogen) atoms. The van der Waals surface area contributed by atoms with Crippen LogP contribution in [0.25, 0.3) is 0 Å². The topological polar surface area (TPSA) is 32.3 Å². The molecule has 1 unspecified atom stereocenters. The van der Waals surface area contributed by atoms with Crippen LogP contribution in [0.4, 0.5) is 4.39 Å². The number of benzene rings is 1. The second-order valence-corrected chi connectivity index (χ2v) is 5.08.